The number of carboxylic acids is 1. The molecule has 2 heterocycles. The average Bonchev–Trinajstić information content (AvgIpc) is 3.22. The maximum atomic E-state index is 12.5. The van der Waals surface area contributed by atoms with Crippen molar-refractivity contribution in [1.82, 2.24) is 4.90 Å². The number of aryl methyl sites for hydroxylation is 1. The lowest BCUT2D eigenvalue weighted by atomic mass is 10.1. The van der Waals surface area contributed by atoms with E-state index in [0.717, 1.165) is 18.7 Å². The number of hydrogen-bond acceptors (Lipinski definition) is 4. The molecule has 1 saturated heterocycles. The first-order valence-electron chi connectivity index (χ1n) is 7.97. The van der Waals surface area contributed by atoms with Crippen LogP contribution in [-0.4, -0.2) is 34.5 Å². The van der Waals surface area contributed by atoms with Crippen LogP contribution in [0.25, 0.3) is 0 Å². The number of carbonyl (C=O) groups is 2. The van der Waals surface area contributed by atoms with Crippen LogP contribution in [0.4, 0.5) is 5.69 Å². The second kappa shape index (κ2) is 7.05. The number of amides is 1. The third-order valence-corrected chi connectivity index (χ3v) is 5.37. The van der Waals surface area contributed by atoms with Crippen LogP contribution >= 0.6 is 11.3 Å². The minimum atomic E-state index is -0.926. The highest BCUT2D eigenvalue weighted by atomic mass is 32.1. The molecule has 1 fully saturated rings. The first kappa shape index (κ1) is 16.5. The van der Waals surface area contributed by atoms with Gasteiger partial charge in [0.25, 0.3) is 5.91 Å². The minimum Gasteiger partial charge on any atom is -0.480 e. The number of carbonyl (C=O) groups excluding carboxylic acids is 1. The van der Waals surface area contributed by atoms with E-state index < -0.39 is 12.0 Å². The fraction of sp³-hybridized carbons (Fsp3) is 0.333. The van der Waals surface area contributed by atoms with Gasteiger partial charge >= 0.3 is 5.97 Å². The van der Waals surface area contributed by atoms with Gasteiger partial charge in [0.1, 0.15) is 6.04 Å². The van der Waals surface area contributed by atoms with Crippen molar-refractivity contribution < 1.29 is 14.7 Å². The van der Waals surface area contributed by atoms with E-state index >= 15 is 0 Å². The highest BCUT2D eigenvalue weighted by Gasteiger charge is 2.34. The molecule has 6 heteroatoms. The first-order chi connectivity index (χ1) is 11.6. The highest BCUT2D eigenvalue weighted by Crippen LogP contribution is 2.22. The van der Waals surface area contributed by atoms with E-state index in [-0.39, 0.29) is 5.91 Å². The van der Waals surface area contributed by atoms with Gasteiger partial charge in [-0.25, -0.2) is 4.79 Å². The molecule has 0 spiro atoms. The van der Waals surface area contributed by atoms with Crippen molar-refractivity contribution in [2.24, 2.45) is 0 Å². The Morgan fingerprint density at radius 1 is 1.29 bits per heavy atom. The predicted molar refractivity (Wildman–Crippen MR) is 94.5 cm³/mol. The molecule has 2 N–H and O–H groups in total. The molecule has 126 valence electrons. The Bertz CT molecular complexity index is 739. The lowest BCUT2D eigenvalue weighted by molar-refractivity contribution is -0.141. The van der Waals surface area contributed by atoms with Crippen molar-refractivity contribution in [1.29, 1.82) is 0 Å². The number of benzene rings is 1. The third-order valence-electron chi connectivity index (χ3n) is 4.35. The number of thiophene rings is 1. The molecular weight excluding hydrogens is 324 g/mol. The van der Waals surface area contributed by atoms with E-state index in [1.165, 1.54) is 15.3 Å². The molecule has 0 saturated carbocycles. The lowest BCUT2D eigenvalue weighted by Gasteiger charge is -2.21. The van der Waals surface area contributed by atoms with Gasteiger partial charge in [0.2, 0.25) is 0 Å². The normalized spacial score (nSPS) is 17.0. The number of nitrogens with one attached hydrogen (secondary N) is 1. The van der Waals surface area contributed by atoms with Crippen LogP contribution in [0.2, 0.25) is 0 Å². The summed E-state index contributed by atoms with van der Waals surface area (Å²) in [4.78, 5) is 26.5. The van der Waals surface area contributed by atoms with Gasteiger partial charge in [0, 0.05) is 29.2 Å². The first-order valence-corrected chi connectivity index (χ1v) is 8.85. The molecule has 0 bridgehead atoms. The fourth-order valence-corrected chi connectivity index (χ4v) is 3.78. The summed E-state index contributed by atoms with van der Waals surface area (Å²) in [5.74, 6) is -1.13. The zero-order chi connectivity index (χ0) is 17.1. The summed E-state index contributed by atoms with van der Waals surface area (Å²) in [5.41, 5.74) is 2.74. The molecule has 1 amide bonds. The second-order valence-corrected chi connectivity index (χ2v) is 6.95. The summed E-state index contributed by atoms with van der Waals surface area (Å²) < 4.78 is 0. The number of anilines is 1. The zero-order valence-corrected chi connectivity index (χ0v) is 14.3. The predicted octanol–water partition coefficient (Wildman–Crippen LogP) is 3.36. The van der Waals surface area contributed by atoms with Gasteiger partial charge in [0.05, 0.1) is 0 Å². The Labute approximate surface area is 144 Å². The molecule has 1 aliphatic heterocycles. The highest BCUT2D eigenvalue weighted by molar-refractivity contribution is 7.10. The summed E-state index contributed by atoms with van der Waals surface area (Å²) in [6.45, 7) is 3.35. The van der Waals surface area contributed by atoms with Gasteiger partial charge in [-0.1, -0.05) is 0 Å². The molecule has 0 unspecified atom stereocenters. The largest absolute Gasteiger partial charge is 0.480 e. The Morgan fingerprint density at radius 3 is 2.67 bits per heavy atom. The van der Waals surface area contributed by atoms with E-state index in [4.69, 9.17) is 0 Å². The van der Waals surface area contributed by atoms with Crippen LogP contribution in [0.5, 0.6) is 0 Å². The monoisotopic (exact) mass is 344 g/mol. The van der Waals surface area contributed by atoms with E-state index in [1.807, 2.05) is 12.1 Å². The van der Waals surface area contributed by atoms with E-state index in [0.29, 0.717) is 18.5 Å². The molecule has 3 rings (SSSR count). The Balaban J connectivity index is 1.64. The van der Waals surface area contributed by atoms with Gasteiger partial charge in [0.15, 0.2) is 0 Å². The summed E-state index contributed by atoms with van der Waals surface area (Å²) in [6, 6.07) is 8.63. The van der Waals surface area contributed by atoms with Crippen molar-refractivity contribution in [2.45, 2.75) is 32.4 Å². The van der Waals surface area contributed by atoms with Gasteiger partial charge in [-0.15, -0.1) is 11.3 Å². The van der Waals surface area contributed by atoms with Gasteiger partial charge in [-0.3, -0.25) is 4.79 Å². The Kier molecular flexibility index (Phi) is 4.85. The molecule has 1 atom stereocenters. The molecule has 0 radical (unpaired) electrons. The van der Waals surface area contributed by atoms with Crippen LogP contribution in [-0.2, 0) is 11.3 Å². The van der Waals surface area contributed by atoms with Crippen molar-refractivity contribution in [3.8, 4) is 0 Å². The lowest BCUT2D eigenvalue weighted by Crippen LogP contribution is -2.40. The maximum absolute atomic E-state index is 12.5. The van der Waals surface area contributed by atoms with Crippen LogP contribution < -0.4 is 5.32 Å². The minimum absolute atomic E-state index is 0.208. The third kappa shape index (κ3) is 3.43. The topological polar surface area (TPSA) is 69.6 Å². The van der Waals surface area contributed by atoms with Crippen LogP contribution in [0.1, 0.15) is 33.6 Å². The van der Waals surface area contributed by atoms with E-state index in [2.05, 4.69) is 23.7 Å². The summed E-state index contributed by atoms with van der Waals surface area (Å²) in [7, 11) is 0. The van der Waals surface area contributed by atoms with Crippen LogP contribution in [0.15, 0.2) is 35.7 Å². The van der Waals surface area contributed by atoms with Crippen molar-refractivity contribution in [2.75, 3.05) is 11.9 Å². The molecule has 1 aromatic heterocycles. The molecule has 0 aliphatic carbocycles. The Morgan fingerprint density at radius 2 is 2.04 bits per heavy atom. The molecular formula is C18H20N2O3S. The molecule has 1 aromatic carbocycles. The summed E-state index contributed by atoms with van der Waals surface area (Å²) in [5, 5.41) is 14.6. The standard InChI is InChI=1S/C18H20N2O3S/c1-12-8-10-24-16(12)11-19-14-6-4-13(5-7-14)17(21)20-9-2-3-15(20)18(22)23/h4-8,10,15,19H,2-3,9,11H2,1H3,(H,22,23)/t15-/m0/s1. The molecule has 1 aliphatic rings. The number of hydrogen-bond donors (Lipinski definition) is 2. The van der Waals surface area contributed by atoms with Crippen LogP contribution in [0.3, 0.4) is 0 Å². The SMILES string of the molecule is Cc1ccsc1CNc1ccc(C(=O)N2CCC[C@H]2C(=O)O)cc1. The number of rotatable bonds is 5. The van der Waals surface area contributed by atoms with Gasteiger partial charge in [-0.05, 0) is 61.0 Å². The van der Waals surface area contributed by atoms with Crippen LogP contribution in [0, 0.1) is 6.92 Å². The smallest absolute Gasteiger partial charge is 0.326 e. The molecule has 2 aromatic rings. The maximum Gasteiger partial charge on any atom is 0.326 e. The fourth-order valence-electron chi connectivity index (χ4n) is 2.93. The number of nitrogens with zero attached hydrogens (tertiary/aromatic N) is 1. The quantitative estimate of drug-likeness (QED) is 0.873. The van der Waals surface area contributed by atoms with Crippen molar-refractivity contribution in [3.05, 3.63) is 51.7 Å². The summed E-state index contributed by atoms with van der Waals surface area (Å²) >= 11 is 1.72. The van der Waals surface area contributed by atoms with Gasteiger partial charge in [-0.2, -0.15) is 0 Å². The second-order valence-electron chi connectivity index (χ2n) is 5.95. The number of likely N-dealkylation sites (tertiary alicyclic amines) is 1. The number of carboxylic acid groups (broad SMARTS) is 1. The van der Waals surface area contributed by atoms with E-state index in [9.17, 15) is 14.7 Å². The van der Waals surface area contributed by atoms with Crippen molar-refractivity contribution >= 4 is 28.9 Å². The molecule has 24 heavy (non-hydrogen) atoms. The zero-order valence-electron chi connectivity index (χ0n) is 13.5. The van der Waals surface area contributed by atoms with Gasteiger partial charge < -0.3 is 15.3 Å². The number of aliphatic carboxylic acids is 1. The summed E-state index contributed by atoms with van der Waals surface area (Å²) in [6.07, 6.45) is 1.27. The Hall–Kier alpha value is -2.34. The molecule has 5 nitrogen and oxygen atoms in total. The van der Waals surface area contributed by atoms with E-state index in [1.54, 1.807) is 23.5 Å². The van der Waals surface area contributed by atoms with Crippen molar-refractivity contribution in [3.63, 3.8) is 0 Å². The average molecular weight is 344 g/mol.